The van der Waals surface area contributed by atoms with Gasteiger partial charge in [0, 0.05) is 6.20 Å². The normalized spacial score (nSPS) is 40.7. The van der Waals surface area contributed by atoms with Crippen molar-refractivity contribution in [2.75, 3.05) is 0 Å². The molecule has 1 amide bonds. The first-order chi connectivity index (χ1) is 8.45. The zero-order chi connectivity index (χ0) is 13.4. The second kappa shape index (κ2) is 5.29. The van der Waals surface area contributed by atoms with Crippen molar-refractivity contribution in [1.29, 1.82) is 0 Å². The summed E-state index contributed by atoms with van der Waals surface area (Å²) in [6.45, 7) is 1.83. The summed E-state index contributed by atoms with van der Waals surface area (Å²) in [6.07, 6.45) is -2.84. The van der Waals surface area contributed by atoms with Gasteiger partial charge in [-0.1, -0.05) is 6.92 Å². The summed E-state index contributed by atoms with van der Waals surface area (Å²) in [5, 5.41) is 31.8. The van der Waals surface area contributed by atoms with Crippen LogP contribution in [0.15, 0.2) is 9.78 Å². The van der Waals surface area contributed by atoms with Gasteiger partial charge in [-0.2, -0.15) is 0 Å². The zero-order valence-corrected chi connectivity index (χ0v) is 11.8. The van der Waals surface area contributed by atoms with Gasteiger partial charge in [-0.05, 0) is 29.0 Å². The molecule has 2 heterocycles. The Labute approximate surface area is 118 Å². The third-order valence-corrected chi connectivity index (χ3v) is 3.82. The Morgan fingerprint density at radius 1 is 1.44 bits per heavy atom. The van der Waals surface area contributed by atoms with E-state index in [1.54, 1.807) is 0 Å². The highest BCUT2D eigenvalue weighted by molar-refractivity contribution is 14.1. The van der Waals surface area contributed by atoms with Crippen molar-refractivity contribution in [2.24, 2.45) is 0 Å². The molecule has 0 aromatic rings. The highest BCUT2D eigenvalue weighted by Crippen LogP contribution is 2.29. The maximum atomic E-state index is 11.3. The lowest BCUT2D eigenvalue weighted by Crippen LogP contribution is -2.56. The SMILES string of the molecule is CC[C@H]1O[C@@H](N2C=C(I)C(=O)NC2O)C(O)C1O. The number of nitrogens with zero attached hydrogens (tertiary/aromatic N) is 1. The summed E-state index contributed by atoms with van der Waals surface area (Å²) in [5.41, 5.74) is 0. The van der Waals surface area contributed by atoms with Crippen molar-refractivity contribution < 1.29 is 24.9 Å². The lowest BCUT2D eigenvalue weighted by molar-refractivity contribution is -0.151. The second-order valence-corrected chi connectivity index (χ2v) is 5.39. The summed E-state index contributed by atoms with van der Waals surface area (Å²) in [6, 6.07) is 0. The van der Waals surface area contributed by atoms with Gasteiger partial charge in [0.1, 0.15) is 12.2 Å². The van der Waals surface area contributed by atoms with Crippen molar-refractivity contribution in [3.63, 3.8) is 0 Å². The average molecular weight is 370 g/mol. The molecule has 5 atom stereocenters. The lowest BCUT2D eigenvalue weighted by Gasteiger charge is -2.36. The number of carbonyl (C=O) groups is 1. The molecule has 8 heteroatoms. The number of amides is 1. The van der Waals surface area contributed by atoms with Crippen LogP contribution in [-0.2, 0) is 9.53 Å². The fourth-order valence-electron chi connectivity index (χ4n) is 2.05. The smallest absolute Gasteiger partial charge is 0.262 e. The summed E-state index contributed by atoms with van der Waals surface area (Å²) in [4.78, 5) is 12.6. The van der Waals surface area contributed by atoms with Crippen LogP contribution in [0.1, 0.15) is 13.3 Å². The van der Waals surface area contributed by atoms with Crippen LogP contribution in [-0.4, -0.2) is 57.0 Å². The average Bonchev–Trinajstić information content (AvgIpc) is 2.61. The first-order valence-electron chi connectivity index (χ1n) is 5.61. The molecule has 0 aromatic carbocycles. The van der Waals surface area contributed by atoms with Crippen LogP contribution >= 0.6 is 22.6 Å². The van der Waals surface area contributed by atoms with Gasteiger partial charge in [-0.25, -0.2) is 0 Å². The summed E-state index contributed by atoms with van der Waals surface area (Å²) in [5.74, 6) is -0.389. The van der Waals surface area contributed by atoms with Crippen molar-refractivity contribution in [2.45, 2.75) is 44.2 Å². The van der Waals surface area contributed by atoms with Gasteiger partial charge in [0.15, 0.2) is 6.23 Å². The van der Waals surface area contributed by atoms with Crippen LogP contribution in [0.4, 0.5) is 0 Å². The Balaban J connectivity index is 2.19. The van der Waals surface area contributed by atoms with E-state index in [2.05, 4.69) is 5.32 Å². The van der Waals surface area contributed by atoms with Crippen molar-refractivity contribution in [3.05, 3.63) is 9.78 Å². The Kier molecular flexibility index (Phi) is 4.11. The number of carbonyl (C=O) groups excluding carboxylic acids is 1. The Morgan fingerprint density at radius 3 is 2.67 bits per heavy atom. The fourth-order valence-corrected chi connectivity index (χ4v) is 2.52. The van der Waals surface area contributed by atoms with Crippen LogP contribution < -0.4 is 5.32 Å². The fraction of sp³-hybridized carbons (Fsp3) is 0.700. The van der Waals surface area contributed by atoms with E-state index < -0.39 is 30.9 Å². The van der Waals surface area contributed by atoms with Crippen LogP contribution in [0.5, 0.6) is 0 Å². The maximum absolute atomic E-state index is 11.3. The third kappa shape index (κ3) is 2.35. The lowest BCUT2D eigenvalue weighted by atomic mass is 10.1. The number of aliphatic hydroxyl groups is 3. The van der Waals surface area contributed by atoms with Gasteiger partial charge in [-0.15, -0.1) is 0 Å². The molecule has 4 N–H and O–H groups in total. The van der Waals surface area contributed by atoms with E-state index in [1.807, 2.05) is 29.5 Å². The van der Waals surface area contributed by atoms with E-state index in [1.165, 1.54) is 11.1 Å². The van der Waals surface area contributed by atoms with Gasteiger partial charge in [-0.3, -0.25) is 4.79 Å². The molecule has 102 valence electrons. The molecule has 2 aliphatic heterocycles. The summed E-state index contributed by atoms with van der Waals surface area (Å²) >= 11 is 1.82. The highest BCUT2D eigenvalue weighted by atomic mass is 127. The molecule has 0 radical (unpaired) electrons. The number of halogens is 1. The van der Waals surface area contributed by atoms with Crippen LogP contribution in [0.2, 0.25) is 0 Å². The number of ether oxygens (including phenoxy) is 1. The van der Waals surface area contributed by atoms with Crippen LogP contribution in [0.25, 0.3) is 0 Å². The van der Waals surface area contributed by atoms with Gasteiger partial charge in [0.2, 0.25) is 6.35 Å². The van der Waals surface area contributed by atoms with Gasteiger partial charge >= 0.3 is 0 Å². The first-order valence-corrected chi connectivity index (χ1v) is 6.69. The molecule has 0 aromatic heterocycles. The monoisotopic (exact) mass is 370 g/mol. The molecule has 0 saturated carbocycles. The van der Waals surface area contributed by atoms with E-state index in [4.69, 9.17) is 4.74 Å². The predicted molar refractivity (Wildman–Crippen MR) is 69.1 cm³/mol. The van der Waals surface area contributed by atoms with E-state index in [9.17, 15) is 20.1 Å². The third-order valence-electron chi connectivity index (χ3n) is 3.06. The number of hydrogen-bond acceptors (Lipinski definition) is 6. The van der Waals surface area contributed by atoms with E-state index >= 15 is 0 Å². The topological polar surface area (TPSA) is 102 Å². The Hall–Kier alpha value is -0.420. The van der Waals surface area contributed by atoms with Crippen molar-refractivity contribution in [1.82, 2.24) is 10.2 Å². The van der Waals surface area contributed by atoms with E-state index in [-0.39, 0.29) is 5.91 Å². The molecule has 2 aliphatic rings. The Morgan fingerprint density at radius 2 is 2.11 bits per heavy atom. The van der Waals surface area contributed by atoms with Crippen molar-refractivity contribution in [3.8, 4) is 0 Å². The van der Waals surface area contributed by atoms with Gasteiger partial charge in [0.25, 0.3) is 5.91 Å². The number of hydrogen-bond donors (Lipinski definition) is 4. The minimum Gasteiger partial charge on any atom is -0.388 e. The molecule has 1 saturated heterocycles. The summed E-state index contributed by atoms with van der Waals surface area (Å²) in [7, 11) is 0. The highest BCUT2D eigenvalue weighted by Gasteiger charge is 2.46. The molecular formula is C10H15IN2O5. The quantitative estimate of drug-likeness (QED) is 0.457. The second-order valence-electron chi connectivity index (χ2n) is 4.23. The minimum absolute atomic E-state index is 0.364. The first kappa shape index (κ1) is 14.0. The minimum atomic E-state index is -1.28. The molecule has 0 bridgehead atoms. The molecule has 0 aliphatic carbocycles. The zero-order valence-electron chi connectivity index (χ0n) is 9.65. The maximum Gasteiger partial charge on any atom is 0.262 e. The van der Waals surface area contributed by atoms with E-state index in [0.717, 1.165) is 0 Å². The number of nitrogens with one attached hydrogen (secondary N) is 1. The molecule has 3 unspecified atom stereocenters. The summed E-state index contributed by atoms with van der Waals surface area (Å²) < 4.78 is 5.86. The van der Waals surface area contributed by atoms with Crippen molar-refractivity contribution >= 4 is 28.5 Å². The predicted octanol–water partition coefficient (Wildman–Crippen LogP) is -1.17. The molecule has 0 spiro atoms. The number of rotatable bonds is 2. The van der Waals surface area contributed by atoms with Gasteiger partial charge in [0.05, 0.1) is 9.68 Å². The van der Waals surface area contributed by atoms with E-state index in [0.29, 0.717) is 10.0 Å². The molecule has 2 rings (SSSR count). The molecule has 18 heavy (non-hydrogen) atoms. The molecule has 7 nitrogen and oxygen atoms in total. The molecular weight excluding hydrogens is 355 g/mol. The van der Waals surface area contributed by atoms with Gasteiger partial charge < -0.3 is 30.3 Å². The molecule has 1 fully saturated rings. The standard InChI is InChI=1S/C10H15IN2O5/c1-2-5-6(14)7(15)9(18-5)13-3-4(11)8(16)12-10(13)17/h3,5-7,9-10,14-15,17H,2H2,1H3,(H,12,16)/t5-,6?,7?,9-,10?/m1/s1. The Bertz CT molecular complexity index is 377. The van der Waals surface area contributed by atoms with Crippen LogP contribution in [0.3, 0.4) is 0 Å². The number of aliphatic hydroxyl groups excluding tert-OH is 3. The largest absolute Gasteiger partial charge is 0.388 e. The van der Waals surface area contributed by atoms with Crippen LogP contribution in [0, 0.1) is 0 Å².